The van der Waals surface area contributed by atoms with Gasteiger partial charge in [-0.2, -0.15) is 18.3 Å². The lowest BCUT2D eigenvalue weighted by Crippen LogP contribution is -2.04. The molecular weight excluding hydrogens is 369 g/mol. The van der Waals surface area contributed by atoms with E-state index in [1.807, 2.05) is 32.0 Å². The van der Waals surface area contributed by atoms with Gasteiger partial charge >= 0.3 is 6.18 Å². The van der Waals surface area contributed by atoms with E-state index < -0.39 is 11.7 Å². The molecule has 0 aliphatic rings. The fourth-order valence-electron chi connectivity index (χ4n) is 2.80. The zero-order valence-electron chi connectivity index (χ0n) is 15.0. The van der Waals surface area contributed by atoms with E-state index in [0.717, 1.165) is 28.9 Å². The number of aryl methyl sites for hydroxylation is 2. The summed E-state index contributed by atoms with van der Waals surface area (Å²) in [6.45, 7) is 4.02. The quantitative estimate of drug-likeness (QED) is 0.485. The molecule has 0 atom stereocenters. The Morgan fingerprint density at radius 3 is 2.54 bits per heavy atom. The maximum atomic E-state index is 12.9. The van der Waals surface area contributed by atoms with Crippen LogP contribution in [-0.4, -0.2) is 19.7 Å². The number of hydrogen-bond donors (Lipinski definition) is 0. The summed E-state index contributed by atoms with van der Waals surface area (Å²) in [6, 6.07) is 10.5. The summed E-state index contributed by atoms with van der Waals surface area (Å²) in [6.07, 6.45) is -1.62. The number of fused-ring (bicyclic) bond motifs is 1. The first kappa shape index (κ1) is 18.0. The van der Waals surface area contributed by atoms with Crippen LogP contribution < -0.4 is 4.74 Å². The fraction of sp³-hybridized carbons (Fsp3) is 0.150. The molecule has 5 nitrogen and oxygen atoms in total. The second-order valence-electron chi connectivity index (χ2n) is 6.37. The van der Waals surface area contributed by atoms with Crippen molar-refractivity contribution in [1.29, 1.82) is 0 Å². The van der Waals surface area contributed by atoms with E-state index in [2.05, 4.69) is 15.1 Å². The first-order chi connectivity index (χ1) is 13.3. The summed E-state index contributed by atoms with van der Waals surface area (Å²) in [5.41, 5.74) is 2.79. The van der Waals surface area contributed by atoms with Crippen molar-refractivity contribution in [1.82, 2.24) is 19.7 Å². The third kappa shape index (κ3) is 3.28. The van der Waals surface area contributed by atoms with Crippen LogP contribution in [0.2, 0.25) is 0 Å². The predicted octanol–water partition coefficient (Wildman–Crippen LogP) is 5.24. The molecule has 2 aromatic carbocycles. The van der Waals surface area contributed by atoms with Gasteiger partial charge in [-0.05, 0) is 55.3 Å². The Kier molecular flexibility index (Phi) is 4.26. The molecule has 0 saturated heterocycles. The predicted molar refractivity (Wildman–Crippen MR) is 97.7 cm³/mol. The van der Waals surface area contributed by atoms with Crippen molar-refractivity contribution in [2.24, 2.45) is 0 Å². The minimum atomic E-state index is -4.45. The zero-order valence-corrected chi connectivity index (χ0v) is 15.0. The highest BCUT2D eigenvalue weighted by atomic mass is 19.4. The topological polar surface area (TPSA) is 52.8 Å². The molecule has 0 saturated carbocycles. The standard InChI is InChI=1S/C20H15F3N4O/c1-12-6-7-15(8-13(12)2)27-18-17(10-26-27)19(25-11-24-18)28-16-5-3-4-14(9-16)20(21,22)23/h3-11H,1-2H3. The van der Waals surface area contributed by atoms with E-state index in [-0.39, 0.29) is 11.6 Å². The number of alkyl halides is 3. The molecule has 142 valence electrons. The Morgan fingerprint density at radius 2 is 1.79 bits per heavy atom. The van der Waals surface area contributed by atoms with E-state index in [1.165, 1.54) is 24.7 Å². The van der Waals surface area contributed by atoms with Gasteiger partial charge < -0.3 is 4.74 Å². The molecule has 8 heteroatoms. The summed E-state index contributed by atoms with van der Waals surface area (Å²) >= 11 is 0. The number of rotatable bonds is 3. The van der Waals surface area contributed by atoms with Crippen LogP contribution >= 0.6 is 0 Å². The van der Waals surface area contributed by atoms with Crippen molar-refractivity contribution in [3.63, 3.8) is 0 Å². The molecular formula is C20H15F3N4O. The summed E-state index contributed by atoms with van der Waals surface area (Å²) < 4.78 is 46.0. The monoisotopic (exact) mass is 384 g/mol. The van der Waals surface area contributed by atoms with Gasteiger partial charge in [0.2, 0.25) is 5.88 Å². The van der Waals surface area contributed by atoms with Gasteiger partial charge in [0, 0.05) is 0 Å². The van der Waals surface area contributed by atoms with E-state index >= 15 is 0 Å². The number of halogens is 3. The van der Waals surface area contributed by atoms with Gasteiger partial charge in [0.15, 0.2) is 5.65 Å². The molecule has 0 spiro atoms. The van der Waals surface area contributed by atoms with Gasteiger partial charge in [0.05, 0.1) is 17.4 Å². The lowest BCUT2D eigenvalue weighted by atomic mass is 10.1. The van der Waals surface area contributed by atoms with E-state index in [0.29, 0.717) is 11.0 Å². The number of benzene rings is 2. The van der Waals surface area contributed by atoms with Crippen LogP contribution in [0.3, 0.4) is 0 Å². The van der Waals surface area contributed by atoms with E-state index in [4.69, 9.17) is 4.74 Å². The highest BCUT2D eigenvalue weighted by molar-refractivity contribution is 5.81. The molecule has 2 aromatic heterocycles. The molecule has 4 rings (SSSR count). The molecule has 0 fully saturated rings. The lowest BCUT2D eigenvalue weighted by molar-refractivity contribution is -0.137. The van der Waals surface area contributed by atoms with Crippen LogP contribution in [0.4, 0.5) is 13.2 Å². The van der Waals surface area contributed by atoms with E-state index in [9.17, 15) is 13.2 Å². The highest BCUT2D eigenvalue weighted by Gasteiger charge is 2.30. The van der Waals surface area contributed by atoms with Crippen LogP contribution in [0.25, 0.3) is 16.7 Å². The molecule has 0 aliphatic carbocycles. The summed E-state index contributed by atoms with van der Waals surface area (Å²) in [4.78, 5) is 8.32. The second kappa shape index (κ2) is 6.63. The van der Waals surface area contributed by atoms with Gasteiger partial charge in [0.25, 0.3) is 0 Å². The first-order valence-electron chi connectivity index (χ1n) is 8.44. The van der Waals surface area contributed by atoms with Crippen molar-refractivity contribution in [2.45, 2.75) is 20.0 Å². The molecule has 4 aromatic rings. The average Bonchev–Trinajstić information content (AvgIpc) is 3.09. The Balaban J connectivity index is 1.74. The van der Waals surface area contributed by atoms with Crippen molar-refractivity contribution in [3.05, 3.63) is 71.7 Å². The van der Waals surface area contributed by atoms with E-state index in [1.54, 1.807) is 4.68 Å². The molecule has 0 bridgehead atoms. The third-order valence-corrected chi connectivity index (χ3v) is 4.44. The number of ether oxygens (including phenoxy) is 1. The van der Waals surface area contributed by atoms with Crippen molar-refractivity contribution >= 4 is 11.0 Å². The molecule has 0 amide bonds. The molecule has 0 unspecified atom stereocenters. The SMILES string of the molecule is Cc1ccc(-n2ncc3c(Oc4cccc(C(F)(F)F)c4)ncnc32)cc1C. The normalized spacial score (nSPS) is 11.8. The van der Waals surface area contributed by atoms with Crippen LogP contribution in [0.15, 0.2) is 55.0 Å². The average molecular weight is 384 g/mol. The maximum absolute atomic E-state index is 12.9. The van der Waals surface area contributed by atoms with Crippen molar-refractivity contribution in [3.8, 4) is 17.3 Å². The second-order valence-corrected chi connectivity index (χ2v) is 6.37. The smallest absolute Gasteiger partial charge is 0.416 e. The summed E-state index contributed by atoms with van der Waals surface area (Å²) in [7, 11) is 0. The van der Waals surface area contributed by atoms with Crippen LogP contribution in [0.5, 0.6) is 11.6 Å². The maximum Gasteiger partial charge on any atom is 0.416 e. The van der Waals surface area contributed by atoms with Crippen LogP contribution in [0.1, 0.15) is 16.7 Å². The minimum absolute atomic E-state index is 0.0359. The van der Waals surface area contributed by atoms with Gasteiger partial charge in [-0.3, -0.25) is 0 Å². The van der Waals surface area contributed by atoms with Crippen LogP contribution in [0, 0.1) is 13.8 Å². The fourth-order valence-corrected chi connectivity index (χ4v) is 2.80. The Morgan fingerprint density at radius 1 is 0.964 bits per heavy atom. The van der Waals surface area contributed by atoms with Crippen molar-refractivity contribution < 1.29 is 17.9 Å². The summed E-state index contributed by atoms with van der Waals surface area (Å²) in [5, 5.41) is 4.85. The largest absolute Gasteiger partial charge is 0.438 e. The summed E-state index contributed by atoms with van der Waals surface area (Å²) in [5.74, 6) is 0.174. The molecule has 28 heavy (non-hydrogen) atoms. The number of nitrogens with zero attached hydrogens (tertiary/aromatic N) is 4. The first-order valence-corrected chi connectivity index (χ1v) is 8.44. The Hall–Kier alpha value is -3.42. The van der Waals surface area contributed by atoms with Crippen LogP contribution in [-0.2, 0) is 6.18 Å². The highest BCUT2D eigenvalue weighted by Crippen LogP contribution is 2.33. The molecule has 2 heterocycles. The number of aromatic nitrogens is 4. The number of hydrogen-bond acceptors (Lipinski definition) is 4. The van der Waals surface area contributed by atoms with Gasteiger partial charge in [0.1, 0.15) is 17.5 Å². The lowest BCUT2D eigenvalue weighted by Gasteiger charge is -2.10. The molecule has 0 N–H and O–H groups in total. The van der Waals surface area contributed by atoms with Gasteiger partial charge in [-0.1, -0.05) is 12.1 Å². The zero-order chi connectivity index (χ0) is 19.9. The van der Waals surface area contributed by atoms with Gasteiger partial charge in [-0.25, -0.2) is 14.6 Å². The Bertz CT molecular complexity index is 1170. The third-order valence-electron chi connectivity index (χ3n) is 4.44. The van der Waals surface area contributed by atoms with Crippen molar-refractivity contribution in [2.75, 3.05) is 0 Å². The minimum Gasteiger partial charge on any atom is -0.438 e. The molecule has 0 aliphatic heterocycles. The molecule has 0 radical (unpaired) electrons. The van der Waals surface area contributed by atoms with Gasteiger partial charge in [-0.15, -0.1) is 0 Å². The Labute approximate surface area is 158 Å².